The molecule has 25 heavy (non-hydrogen) atoms. The fourth-order valence-electron chi connectivity index (χ4n) is 3.10. The Balaban J connectivity index is 1.89. The molecule has 3 rings (SSSR count). The summed E-state index contributed by atoms with van der Waals surface area (Å²) >= 11 is 0. The smallest absolute Gasteiger partial charge is 0.123 e. The fourth-order valence-corrected chi connectivity index (χ4v) is 3.10. The van der Waals surface area contributed by atoms with E-state index in [2.05, 4.69) is 36.3 Å². The Kier molecular flexibility index (Phi) is 5.59. The van der Waals surface area contributed by atoms with Gasteiger partial charge in [-0.25, -0.2) is 4.39 Å². The van der Waals surface area contributed by atoms with E-state index in [0.717, 1.165) is 40.9 Å². The van der Waals surface area contributed by atoms with Crippen molar-refractivity contribution in [3.05, 3.63) is 60.0 Å². The lowest BCUT2D eigenvalue weighted by Gasteiger charge is -2.10. The van der Waals surface area contributed by atoms with Gasteiger partial charge in [0.15, 0.2) is 0 Å². The van der Waals surface area contributed by atoms with Crippen molar-refractivity contribution in [1.29, 1.82) is 0 Å². The number of hydrogen-bond acceptors (Lipinski definition) is 2. The molecule has 0 atom stereocenters. The first kappa shape index (κ1) is 17.3. The van der Waals surface area contributed by atoms with Crippen LogP contribution in [0.1, 0.15) is 38.2 Å². The van der Waals surface area contributed by atoms with Crippen molar-refractivity contribution >= 4 is 0 Å². The molecule has 0 N–H and O–H groups in total. The van der Waals surface area contributed by atoms with Crippen LogP contribution in [0.15, 0.2) is 48.7 Å². The van der Waals surface area contributed by atoms with Gasteiger partial charge in [-0.1, -0.05) is 61.7 Å². The highest BCUT2D eigenvalue weighted by atomic mass is 19.1. The summed E-state index contributed by atoms with van der Waals surface area (Å²) in [6, 6.07) is 12.7. The van der Waals surface area contributed by atoms with E-state index in [9.17, 15) is 4.39 Å². The first-order valence-electron chi connectivity index (χ1n) is 8.95. The number of benzene rings is 2. The Hall–Kier alpha value is -2.49. The number of unbranched alkanes of at least 4 members (excludes halogenated alkanes) is 3. The summed E-state index contributed by atoms with van der Waals surface area (Å²) in [5, 5.41) is 8.68. The highest BCUT2D eigenvalue weighted by Gasteiger charge is 2.13. The van der Waals surface area contributed by atoms with E-state index in [-0.39, 0.29) is 5.82 Å². The number of nitrogens with zero attached hydrogens (tertiary/aromatic N) is 3. The van der Waals surface area contributed by atoms with Gasteiger partial charge in [0.2, 0.25) is 0 Å². The molecule has 1 heterocycles. The van der Waals surface area contributed by atoms with E-state index in [4.69, 9.17) is 0 Å². The van der Waals surface area contributed by atoms with Gasteiger partial charge in [0.05, 0.1) is 6.20 Å². The highest BCUT2D eigenvalue weighted by Crippen LogP contribution is 2.33. The average Bonchev–Trinajstić information content (AvgIpc) is 3.08. The van der Waals surface area contributed by atoms with Crippen LogP contribution < -0.4 is 0 Å². The summed E-state index contributed by atoms with van der Waals surface area (Å²) in [5.74, 6) is -0.226. The lowest BCUT2D eigenvalue weighted by Crippen LogP contribution is -1.98. The summed E-state index contributed by atoms with van der Waals surface area (Å²) in [4.78, 5) is 0. The van der Waals surface area contributed by atoms with Crippen LogP contribution in [0.3, 0.4) is 0 Å². The number of aryl methyl sites for hydroxylation is 2. The topological polar surface area (TPSA) is 30.7 Å². The quantitative estimate of drug-likeness (QED) is 0.522. The average molecular weight is 337 g/mol. The predicted octanol–water partition coefficient (Wildman–Crippen LogP) is 5.64. The number of hydrogen-bond donors (Lipinski definition) is 0. The SMILES string of the molecule is CCCCCCn1cc(-c2c(C)cccc2-c2ccc(F)cc2)nn1. The first-order valence-corrected chi connectivity index (χ1v) is 8.95. The lowest BCUT2D eigenvalue weighted by molar-refractivity contribution is 0.527. The van der Waals surface area contributed by atoms with Crippen LogP contribution in [0.2, 0.25) is 0 Å². The van der Waals surface area contributed by atoms with Crippen molar-refractivity contribution in [2.75, 3.05) is 0 Å². The van der Waals surface area contributed by atoms with Crippen LogP contribution in [0.25, 0.3) is 22.4 Å². The fraction of sp³-hybridized carbons (Fsp3) is 0.333. The zero-order valence-corrected chi connectivity index (χ0v) is 14.9. The van der Waals surface area contributed by atoms with E-state index in [0.29, 0.717) is 0 Å². The van der Waals surface area contributed by atoms with Crippen LogP contribution in [0.4, 0.5) is 4.39 Å². The van der Waals surface area contributed by atoms with E-state index in [1.165, 1.54) is 31.4 Å². The van der Waals surface area contributed by atoms with Gasteiger partial charge in [0.1, 0.15) is 11.5 Å². The van der Waals surface area contributed by atoms with Crippen LogP contribution in [-0.4, -0.2) is 15.0 Å². The molecule has 0 radical (unpaired) electrons. The molecule has 0 aliphatic heterocycles. The van der Waals surface area contributed by atoms with Crippen molar-refractivity contribution in [2.24, 2.45) is 0 Å². The Morgan fingerprint density at radius 1 is 1.00 bits per heavy atom. The second kappa shape index (κ2) is 8.06. The minimum Gasteiger partial charge on any atom is -0.252 e. The van der Waals surface area contributed by atoms with Gasteiger partial charge < -0.3 is 0 Å². The molecule has 3 aromatic rings. The molecule has 4 heteroatoms. The Bertz CT molecular complexity index is 821. The minimum absolute atomic E-state index is 0.226. The maximum atomic E-state index is 13.3. The van der Waals surface area contributed by atoms with Crippen molar-refractivity contribution in [3.8, 4) is 22.4 Å². The second-order valence-electron chi connectivity index (χ2n) is 6.43. The second-order valence-corrected chi connectivity index (χ2v) is 6.43. The summed E-state index contributed by atoms with van der Waals surface area (Å²) in [6.45, 7) is 5.18. The van der Waals surface area contributed by atoms with Crippen LogP contribution in [-0.2, 0) is 6.54 Å². The van der Waals surface area contributed by atoms with Gasteiger partial charge in [0.25, 0.3) is 0 Å². The predicted molar refractivity (Wildman–Crippen MR) is 99.7 cm³/mol. The van der Waals surface area contributed by atoms with Crippen molar-refractivity contribution < 1.29 is 4.39 Å². The van der Waals surface area contributed by atoms with Crippen LogP contribution in [0.5, 0.6) is 0 Å². The molecule has 3 nitrogen and oxygen atoms in total. The van der Waals surface area contributed by atoms with Crippen molar-refractivity contribution in [2.45, 2.75) is 46.1 Å². The van der Waals surface area contributed by atoms with Crippen LogP contribution in [0, 0.1) is 12.7 Å². The van der Waals surface area contributed by atoms with E-state index < -0.39 is 0 Å². The van der Waals surface area contributed by atoms with Gasteiger partial charge in [-0.2, -0.15) is 0 Å². The molecule has 0 unspecified atom stereocenters. The highest BCUT2D eigenvalue weighted by molar-refractivity contribution is 5.83. The Labute approximate surface area is 148 Å². The van der Waals surface area contributed by atoms with Gasteiger partial charge in [-0.3, -0.25) is 4.68 Å². The molecule has 0 saturated carbocycles. The summed E-state index contributed by atoms with van der Waals surface area (Å²) in [5.41, 5.74) is 5.11. The number of aromatic nitrogens is 3. The summed E-state index contributed by atoms with van der Waals surface area (Å²) < 4.78 is 15.2. The third kappa shape index (κ3) is 4.13. The van der Waals surface area contributed by atoms with Gasteiger partial charge in [0, 0.05) is 12.1 Å². The standard InChI is InChI=1S/C21H24FN3/c1-3-4-5-6-14-25-15-20(23-24-25)21-16(2)8-7-9-19(21)17-10-12-18(22)13-11-17/h7-13,15H,3-6,14H2,1-2H3. The maximum absolute atomic E-state index is 13.3. The number of rotatable bonds is 7. The Morgan fingerprint density at radius 2 is 1.80 bits per heavy atom. The molecule has 0 saturated heterocycles. The van der Waals surface area contributed by atoms with E-state index in [1.807, 2.05) is 29.1 Å². The normalized spacial score (nSPS) is 11.0. The van der Waals surface area contributed by atoms with Gasteiger partial charge in [-0.05, 0) is 42.2 Å². The molecule has 0 spiro atoms. The zero-order chi connectivity index (χ0) is 17.6. The molecule has 0 aliphatic carbocycles. The van der Waals surface area contributed by atoms with Crippen LogP contribution >= 0.6 is 0 Å². The zero-order valence-electron chi connectivity index (χ0n) is 14.9. The molecule has 0 aliphatic rings. The molecule has 2 aromatic carbocycles. The molecule has 1 aromatic heterocycles. The third-order valence-electron chi connectivity index (χ3n) is 4.46. The van der Waals surface area contributed by atoms with E-state index in [1.54, 1.807) is 0 Å². The minimum atomic E-state index is -0.226. The molecule has 0 bridgehead atoms. The molecular weight excluding hydrogens is 313 g/mol. The lowest BCUT2D eigenvalue weighted by atomic mass is 9.94. The molecule has 130 valence electrons. The summed E-state index contributed by atoms with van der Waals surface area (Å²) in [6.07, 6.45) is 6.84. The molecule has 0 amide bonds. The van der Waals surface area contributed by atoms with Crippen molar-refractivity contribution in [3.63, 3.8) is 0 Å². The maximum Gasteiger partial charge on any atom is 0.123 e. The Morgan fingerprint density at radius 3 is 2.56 bits per heavy atom. The van der Waals surface area contributed by atoms with Gasteiger partial charge in [-0.15, -0.1) is 5.10 Å². The largest absolute Gasteiger partial charge is 0.252 e. The van der Waals surface area contributed by atoms with E-state index >= 15 is 0 Å². The van der Waals surface area contributed by atoms with Gasteiger partial charge >= 0.3 is 0 Å². The molecular formula is C21H24FN3. The molecule has 0 fully saturated rings. The monoisotopic (exact) mass is 337 g/mol. The number of halogens is 1. The first-order chi connectivity index (χ1) is 12.2. The summed E-state index contributed by atoms with van der Waals surface area (Å²) in [7, 11) is 0. The van der Waals surface area contributed by atoms with Crippen molar-refractivity contribution in [1.82, 2.24) is 15.0 Å². The third-order valence-corrected chi connectivity index (χ3v) is 4.46.